The summed E-state index contributed by atoms with van der Waals surface area (Å²) in [6.07, 6.45) is 1.45. The summed E-state index contributed by atoms with van der Waals surface area (Å²) in [6, 6.07) is 4.78. The van der Waals surface area contributed by atoms with Crippen LogP contribution in [0.2, 0.25) is 0 Å². The van der Waals surface area contributed by atoms with E-state index in [0.717, 1.165) is 18.0 Å². The molecule has 1 aromatic heterocycles. The summed E-state index contributed by atoms with van der Waals surface area (Å²) in [7, 11) is -3.68. The zero-order chi connectivity index (χ0) is 21.0. The minimum Gasteiger partial charge on any atom is -0.355 e. The number of carbonyl (C=O) groups excluding carboxylic acids is 1. The summed E-state index contributed by atoms with van der Waals surface area (Å²) in [5, 5.41) is 9.81. The molecular weight excluding hydrogens is 417 g/mol. The number of amides is 1. The maximum atomic E-state index is 13.0. The maximum Gasteiger partial charge on any atom is 0.243 e. The monoisotopic (exact) mass is 441 g/mol. The number of carbonyl (C=O) groups is 1. The molecule has 8 nitrogen and oxygen atoms in total. The van der Waals surface area contributed by atoms with E-state index in [0.29, 0.717) is 37.1 Å². The molecule has 0 saturated carbocycles. The summed E-state index contributed by atoms with van der Waals surface area (Å²) in [4.78, 5) is 12.5. The number of hydrogen-bond donors (Lipinski definition) is 2. The van der Waals surface area contributed by atoms with Crippen LogP contribution in [0.15, 0.2) is 29.2 Å². The molecule has 3 rings (SSSR count). The van der Waals surface area contributed by atoms with Crippen LogP contribution in [-0.2, 0) is 27.8 Å². The molecule has 0 unspecified atom stereocenters. The van der Waals surface area contributed by atoms with Gasteiger partial charge >= 0.3 is 0 Å². The van der Waals surface area contributed by atoms with Crippen LogP contribution >= 0.6 is 12.2 Å². The van der Waals surface area contributed by atoms with Gasteiger partial charge in [0.15, 0.2) is 4.77 Å². The number of nitrogens with zero attached hydrogens (tertiary/aromatic N) is 3. The van der Waals surface area contributed by atoms with Gasteiger partial charge in [0.25, 0.3) is 0 Å². The van der Waals surface area contributed by atoms with Gasteiger partial charge in [0.05, 0.1) is 4.90 Å². The van der Waals surface area contributed by atoms with Crippen LogP contribution in [0.4, 0.5) is 4.39 Å². The largest absolute Gasteiger partial charge is 0.355 e. The predicted octanol–water partition coefficient (Wildman–Crippen LogP) is 1.86. The van der Waals surface area contributed by atoms with Gasteiger partial charge in [-0.15, -0.1) is 0 Å². The SMILES string of the molecule is CCn1c(CCNC(=O)C2CCN(S(=O)(=O)c3ccc(F)cc3)CC2)n[nH]c1=S. The molecule has 2 N–H and O–H groups in total. The van der Waals surface area contributed by atoms with E-state index in [1.807, 2.05) is 11.5 Å². The number of hydrogen-bond acceptors (Lipinski definition) is 5. The van der Waals surface area contributed by atoms with E-state index in [-0.39, 0.29) is 29.8 Å². The number of aromatic nitrogens is 3. The average Bonchev–Trinajstić information content (AvgIpc) is 3.07. The van der Waals surface area contributed by atoms with Crippen molar-refractivity contribution in [3.05, 3.63) is 40.7 Å². The Morgan fingerprint density at radius 1 is 1.31 bits per heavy atom. The molecule has 2 heterocycles. The topological polar surface area (TPSA) is 100 Å². The Balaban J connectivity index is 1.50. The van der Waals surface area contributed by atoms with Gasteiger partial charge in [0, 0.05) is 38.5 Å². The highest BCUT2D eigenvalue weighted by Gasteiger charge is 2.32. The molecule has 1 aliphatic rings. The third-order valence-corrected chi connectivity index (χ3v) is 7.30. The lowest BCUT2D eigenvalue weighted by molar-refractivity contribution is -0.126. The summed E-state index contributed by atoms with van der Waals surface area (Å²) >= 11 is 5.14. The number of aromatic amines is 1. The van der Waals surface area contributed by atoms with Crippen LogP contribution in [0.5, 0.6) is 0 Å². The molecule has 0 spiro atoms. The Kier molecular flexibility index (Phi) is 6.81. The second-order valence-corrected chi connectivity index (χ2v) is 9.19. The first-order chi connectivity index (χ1) is 13.8. The molecular formula is C18H24FN5O3S2. The average molecular weight is 442 g/mol. The van der Waals surface area contributed by atoms with Crippen molar-refractivity contribution < 1.29 is 17.6 Å². The molecule has 0 atom stereocenters. The molecule has 0 aliphatic carbocycles. The van der Waals surface area contributed by atoms with Crippen molar-refractivity contribution in [2.45, 2.75) is 37.6 Å². The Morgan fingerprint density at radius 2 is 1.97 bits per heavy atom. The Hall–Kier alpha value is -2.11. The lowest BCUT2D eigenvalue weighted by atomic mass is 9.97. The first-order valence-electron chi connectivity index (χ1n) is 9.50. The fourth-order valence-corrected chi connectivity index (χ4v) is 5.17. The van der Waals surface area contributed by atoms with Crippen molar-refractivity contribution in [2.75, 3.05) is 19.6 Å². The van der Waals surface area contributed by atoms with Gasteiger partial charge in [0.1, 0.15) is 11.6 Å². The van der Waals surface area contributed by atoms with Crippen LogP contribution in [0.1, 0.15) is 25.6 Å². The van der Waals surface area contributed by atoms with Gasteiger partial charge in [-0.1, -0.05) is 0 Å². The highest BCUT2D eigenvalue weighted by Crippen LogP contribution is 2.24. The van der Waals surface area contributed by atoms with E-state index in [1.165, 1.54) is 16.4 Å². The summed E-state index contributed by atoms with van der Waals surface area (Å²) in [6.45, 7) is 3.63. The van der Waals surface area contributed by atoms with E-state index in [1.54, 1.807) is 0 Å². The Morgan fingerprint density at radius 3 is 2.59 bits per heavy atom. The van der Waals surface area contributed by atoms with Crippen LogP contribution < -0.4 is 5.32 Å². The molecule has 1 aliphatic heterocycles. The first kappa shape index (κ1) is 21.6. The molecule has 1 saturated heterocycles. The highest BCUT2D eigenvalue weighted by molar-refractivity contribution is 7.89. The number of halogens is 1. The standard InChI is InChI=1S/C18H24FN5O3S2/c1-2-24-16(21-22-18(24)28)7-10-20-17(25)13-8-11-23(12-9-13)29(26,27)15-5-3-14(19)4-6-15/h3-6,13H,2,7-12H2,1H3,(H,20,25)(H,22,28). The van der Waals surface area contributed by atoms with Gasteiger partial charge in [-0.3, -0.25) is 9.89 Å². The highest BCUT2D eigenvalue weighted by atomic mass is 32.2. The molecule has 158 valence electrons. The molecule has 1 fully saturated rings. The van der Waals surface area contributed by atoms with Crippen molar-refractivity contribution in [3.63, 3.8) is 0 Å². The molecule has 29 heavy (non-hydrogen) atoms. The van der Waals surface area contributed by atoms with Crippen LogP contribution in [0, 0.1) is 16.5 Å². The third-order valence-electron chi connectivity index (χ3n) is 5.08. The predicted molar refractivity (Wildman–Crippen MR) is 108 cm³/mol. The molecule has 1 aromatic carbocycles. The van der Waals surface area contributed by atoms with Crippen molar-refractivity contribution in [1.29, 1.82) is 0 Å². The summed E-state index contributed by atoms with van der Waals surface area (Å²) < 4.78 is 42.1. The van der Waals surface area contributed by atoms with E-state index in [9.17, 15) is 17.6 Å². The molecule has 0 radical (unpaired) electrons. The summed E-state index contributed by atoms with van der Waals surface area (Å²) in [5.74, 6) is -0.0109. The zero-order valence-electron chi connectivity index (χ0n) is 16.1. The smallest absolute Gasteiger partial charge is 0.243 e. The second-order valence-electron chi connectivity index (χ2n) is 6.86. The third kappa shape index (κ3) is 4.90. The number of H-pyrrole nitrogens is 1. The van der Waals surface area contributed by atoms with Gasteiger partial charge < -0.3 is 9.88 Å². The van der Waals surface area contributed by atoms with Gasteiger partial charge in [-0.05, 0) is 56.2 Å². The molecule has 11 heteroatoms. The van der Waals surface area contributed by atoms with Crippen LogP contribution in [0.3, 0.4) is 0 Å². The van der Waals surface area contributed by atoms with Crippen LogP contribution in [0.25, 0.3) is 0 Å². The normalized spacial score (nSPS) is 16.1. The van der Waals surface area contributed by atoms with E-state index in [2.05, 4.69) is 15.5 Å². The zero-order valence-corrected chi connectivity index (χ0v) is 17.7. The number of rotatable bonds is 7. The molecule has 2 aromatic rings. The van der Waals surface area contributed by atoms with Gasteiger partial charge in [-0.25, -0.2) is 12.8 Å². The lowest BCUT2D eigenvalue weighted by Crippen LogP contribution is -2.43. The maximum absolute atomic E-state index is 13.0. The van der Waals surface area contributed by atoms with Crippen molar-refractivity contribution in [3.8, 4) is 0 Å². The van der Waals surface area contributed by atoms with E-state index < -0.39 is 15.8 Å². The fourth-order valence-electron chi connectivity index (χ4n) is 3.42. The lowest BCUT2D eigenvalue weighted by Gasteiger charge is -2.30. The van der Waals surface area contributed by atoms with Crippen LogP contribution in [-0.4, -0.2) is 53.0 Å². The van der Waals surface area contributed by atoms with E-state index in [4.69, 9.17) is 12.2 Å². The number of nitrogens with one attached hydrogen (secondary N) is 2. The van der Waals surface area contributed by atoms with Crippen molar-refractivity contribution >= 4 is 28.1 Å². The Bertz CT molecular complexity index is 1010. The summed E-state index contributed by atoms with van der Waals surface area (Å²) in [5.41, 5.74) is 0. The minimum absolute atomic E-state index is 0.0612. The van der Waals surface area contributed by atoms with Crippen molar-refractivity contribution in [1.82, 2.24) is 24.4 Å². The molecule has 0 bridgehead atoms. The number of sulfonamides is 1. The number of piperidine rings is 1. The fraction of sp³-hybridized carbons (Fsp3) is 0.500. The minimum atomic E-state index is -3.68. The van der Waals surface area contributed by atoms with E-state index >= 15 is 0 Å². The quantitative estimate of drug-likeness (QED) is 0.639. The molecule has 1 amide bonds. The Labute approximate surface area is 174 Å². The first-order valence-corrected chi connectivity index (χ1v) is 11.3. The van der Waals surface area contributed by atoms with Gasteiger partial charge in [-0.2, -0.15) is 9.40 Å². The number of benzene rings is 1. The second kappa shape index (κ2) is 9.14. The van der Waals surface area contributed by atoms with Crippen molar-refractivity contribution in [2.24, 2.45) is 5.92 Å². The van der Waals surface area contributed by atoms with Gasteiger partial charge in [0.2, 0.25) is 15.9 Å².